The molecule has 0 bridgehead atoms. The minimum atomic E-state index is 0.000127. The van der Waals surface area contributed by atoms with Gasteiger partial charge in [-0.2, -0.15) is 0 Å². The average molecular weight is 366 g/mol. The first kappa shape index (κ1) is 18.1. The Morgan fingerprint density at radius 1 is 1.12 bits per heavy atom. The number of aryl methyl sites for hydroxylation is 1. The van der Waals surface area contributed by atoms with Crippen molar-refractivity contribution < 1.29 is 9.53 Å². The highest BCUT2D eigenvalue weighted by Crippen LogP contribution is 2.29. The van der Waals surface area contributed by atoms with Crippen LogP contribution in [0.25, 0.3) is 0 Å². The van der Waals surface area contributed by atoms with E-state index in [0.29, 0.717) is 13.0 Å². The predicted molar refractivity (Wildman–Crippen MR) is 105 cm³/mol. The third kappa shape index (κ3) is 4.70. The Morgan fingerprint density at radius 3 is 2.42 bits per heavy atom. The van der Waals surface area contributed by atoms with Crippen LogP contribution in [0.1, 0.15) is 34.2 Å². The lowest BCUT2D eigenvalue weighted by atomic mass is 9.88. The number of aromatic nitrogens is 1. The second-order valence-corrected chi connectivity index (χ2v) is 7.04. The molecular formula is C21H22N2O2S. The van der Waals surface area contributed by atoms with Crippen molar-refractivity contribution in [3.63, 3.8) is 0 Å². The number of hydrogen-bond donors (Lipinski definition) is 1. The average Bonchev–Trinajstić information content (AvgIpc) is 3.10. The van der Waals surface area contributed by atoms with Crippen molar-refractivity contribution in [2.75, 3.05) is 7.11 Å². The van der Waals surface area contributed by atoms with E-state index in [0.717, 1.165) is 27.6 Å². The number of methoxy groups -OCH3 is 1. The Kier molecular flexibility index (Phi) is 6.02. The van der Waals surface area contributed by atoms with Crippen molar-refractivity contribution in [1.29, 1.82) is 0 Å². The van der Waals surface area contributed by atoms with Gasteiger partial charge < -0.3 is 10.1 Å². The van der Waals surface area contributed by atoms with Crippen molar-refractivity contribution >= 4 is 17.2 Å². The molecule has 0 radical (unpaired) electrons. The van der Waals surface area contributed by atoms with E-state index in [4.69, 9.17) is 4.74 Å². The molecule has 0 aliphatic rings. The van der Waals surface area contributed by atoms with Crippen LogP contribution >= 0.6 is 11.3 Å². The molecule has 5 heteroatoms. The van der Waals surface area contributed by atoms with Gasteiger partial charge in [-0.3, -0.25) is 4.79 Å². The van der Waals surface area contributed by atoms with Gasteiger partial charge in [-0.05, 0) is 30.2 Å². The zero-order valence-corrected chi connectivity index (χ0v) is 15.8. The fourth-order valence-electron chi connectivity index (χ4n) is 2.87. The summed E-state index contributed by atoms with van der Waals surface area (Å²) in [5.74, 6) is 0.826. The van der Waals surface area contributed by atoms with Crippen molar-refractivity contribution in [2.45, 2.75) is 25.8 Å². The van der Waals surface area contributed by atoms with Gasteiger partial charge in [0.2, 0.25) is 5.91 Å². The first-order valence-corrected chi connectivity index (χ1v) is 9.40. The van der Waals surface area contributed by atoms with Gasteiger partial charge >= 0.3 is 0 Å². The largest absolute Gasteiger partial charge is 0.497 e. The lowest BCUT2D eigenvalue weighted by Crippen LogP contribution is -2.25. The molecule has 134 valence electrons. The molecule has 0 fully saturated rings. The molecule has 0 aliphatic heterocycles. The summed E-state index contributed by atoms with van der Waals surface area (Å²) in [6.07, 6.45) is 0.390. The summed E-state index contributed by atoms with van der Waals surface area (Å²) in [7, 11) is 1.65. The second kappa shape index (κ2) is 8.63. The van der Waals surface area contributed by atoms with Crippen molar-refractivity contribution in [2.24, 2.45) is 0 Å². The normalized spacial score (nSPS) is 11.8. The van der Waals surface area contributed by atoms with Crippen LogP contribution < -0.4 is 10.1 Å². The van der Waals surface area contributed by atoms with E-state index in [1.807, 2.05) is 54.8 Å². The first-order valence-electron chi connectivity index (χ1n) is 8.52. The molecule has 1 aromatic heterocycles. The van der Waals surface area contributed by atoms with Gasteiger partial charge in [0, 0.05) is 23.4 Å². The molecule has 26 heavy (non-hydrogen) atoms. The highest BCUT2D eigenvalue weighted by Gasteiger charge is 2.18. The van der Waals surface area contributed by atoms with Crippen molar-refractivity contribution in [3.8, 4) is 5.75 Å². The minimum Gasteiger partial charge on any atom is -0.497 e. The molecule has 0 unspecified atom stereocenters. The molecule has 0 aliphatic carbocycles. The van der Waals surface area contributed by atoms with E-state index in [1.54, 1.807) is 18.4 Å². The number of thiazole rings is 1. The molecule has 3 aromatic rings. The molecular weight excluding hydrogens is 344 g/mol. The molecule has 0 spiro atoms. The van der Waals surface area contributed by atoms with E-state index in [2.05, 4.69) is 22.4 Å². The minimum absolute atomic E-state index is 0.000127. The van der Waals surface area contributed by atoms with E-state index in [1.165, 1.54) is 0 Å². The topological polar surface area (TPSA) is 51.2 Å². The van der Waals surface area contributed by atoms with Gasteiger partial charge in [-0.1, -0.05) is 42.5 Å². The fourth-order valence-corrected chi connectivity index (χ4v) is 3.58. The number of carbonyl (C=O) groups is 1. The SMILES string of the molecule is COc1ccc([C@H](CC(=O)NCc2nc(C)cs2)c2ccccc2)cc1. The number of nitrogens with one attached hydrogen (secondary N) is 1. The molecule has 4 nitrogen and oxygen atoms in total. The Bertz CT molecular complexity index is 844. The van der Waals surface area contributed by atoms with E-state index < -0.39 is 0 Å². The second-order valence-electron chi connectivity index (χ2n) is 6.10. The summed E-state index contributed by atoms with van der Waals surface area (Å²) in [5, 5.41) is 5.91. The van der Waals surface area contributed by atoms with Crippen LogP contribution in [0.2, 0.25) is 0 Å². The summed E-state index contributed by atoms with van der Waals surface area (Å²) >= 11 is 1.57. The monoisotopic (exact) mass is 366 g/mol. The van der Waals surface area contributed by atoms with Crippen LogP contribution in [0.3, 0.4) is 0 Å². The van der Waals surface area contributed by atoms with E-state index in [-0.39, 0.29) is 11.8 Å². The third-order valence-corrected chi connectivity index (χ3v) is 5.18. The molecule has 0 saturated heterocycles. The lowest BCUT2D eigenvalue weighted by Gasteiger charge is -2.18. The van der Waals surface area contributed by atoms with Crippen LogP contribution in [-0.2, 0) is 11.3 Å². The summed E-state index contributed by atoms with van der Waals surface area (Å²) in [4.78, 5) is 16.9. The van der Waals surface area contributed by atoms with Gasteiger partial charge in [0.1, 0.15) is 10.8 Å². The number of amides is 1. The van der Waals surface area contributed by atoms with Gasteiger partial charge in [-0.25, -0.2) is 4.98 Å². The quantitative estimate of drug-likeness (QED) is 0.678. The Morgan fingerprint density at radius 2 is 1.81 bits per heavy atom. The fraction of sp³-hybridized carbons (Fsp3) is 0.238. The number of carbonyl (C=O) groups excluding carboxylic acids is 1. The third-order valence-electron chi connectivity index (χ3n) is 4.21. The van der Waals surface area contributed by atoms with Crippen LogP contribution in [0.4, 0.5) is 0 Å². The van der Waals surface area contributed by atoms with Crippen LogP contribution in [0.15, 0.2) is 60.0 Å². The Labute approximate surface area is 157 Å². The number of nitrogens with zero attached hydrogens (tertiary/aromatic N) is 1. The van der Waals surface area contributed by atoms with Crippen molar-refractivity contribution in [1.82, 2.24) is 10.3 Å². The molecule has 1 atom stereocenters. The van der Waals surface area contributed by atoms with Crippen LogP contribution in [0, 0.1) is 6.92 Å². The van der Waals surface area contributed by atoms with Gasteiger partial charge in [-0.15, -0.1) is 11.3 Å². The van der Waals surface area contributed by atoms with Crippen molar-refractivity contribution in [3.05, 3.63) is 81.8 Å². The zero-order chi connectivity index (χ0) is 18.4. The molecule has 1 amide bonds. The molecule has 0 saturated carbocycles. The van der Waals surface area contributed by atoms with E-state index >= 15 is 0 Å². The first-order chi connectivity index (χ1) is 12.7. The number of rotatable bonds is 7. The molecule has 3 rings (SSSR count). The predicted octanol–water partition coefficient (Wildman–Crippen LogP) is 4.30. The van der Waals surface area contributed by atoms with Crippen LogP contribution in [-0.4, -0.2) is 18.0 Å². The summed E-state index contributed by atoms with van der Waals surface area (Å²) in [6.45, 7) is 2.43. The maximum atomic E-state index is 12.5. The van der Waals surface area contributed by atoms with Crippen LogP contribution in [0.5, 0.6) is 5.75 Å². The summed E-state index contributed by atoms with van der Waals surface area (Å²) in [5.41, 5.74) is 3.20. The maximum absolute atomic E-state index is 12.5. The highest BCUT2D eigenvalue weighted by atomic mass is 32.1. The maximum Gasteiger partial charge on any atom is 0.221 e. The van der Waals surface area contributed by atoms with Gasteiger partial charge in [0.25, 0.3) is 0 Å². The number of hydrogen-bond acceptors (Lipinski definition) is 4. The smallest absolute Gasteiger partial charge is 0.221 e. The number of benzene rings is 2. The lowest BCUT2D eigenvalue weighted by molar-refractivity contribution is -0.121. The Hall–Kier alpha value is -2.66. The van der Waals surface area contributed by atoms with Gasteiger partial charge in [0.05, 0.1) is 13.7 Å². The summed E-state index contributed by atoms with van der Waals surface area (Å²) < 4.78 is 5.24. The molecule has 1 heterocycles. The number of ether oxygens (including phenoxy) is 1. The molecule has 1 N–H and O–H groups in total. The van der Waals surface area contributed by atoms with E-state index in [9.17, 15) is 4.79 Å². The highest BCUT2D eigenvalue weighted by molar-refractivity contribution is 7.09. The summed E-state index contributed by atoms with van der Waals surface area (Å²) in [6, 6.07) is 18.0. The molecule has 2 aromatic carbocycles. The zero-order valence-electron chi connectivity index (χ0n) is 14.9. The standard InChI is InChI=1S/C21H22N2O2S/c1-15-14-26-21(23-15)13-22-20(24)12-19(16-6-4-3-5-7-16)17-8-10-18(25-2)11-9-17/h3-11,14,19H,12-13H2,1-2H3,(H,22,24)/t19-/m1/s1. The Balaban J connectivity index is 1.73. The van der Waals surface area contributed by atoms with Gasteiger partial charge in [0.15, 0.2) is 0 Å².